The predicted molar refractivity (Wildman–Crippen MR) is 90.7 cm³/mol. The Labute approximate surface area is 145 Å². The highest BCUT2D eigenvalue weighted by Crippen LogP contribution is 2.08. The minimum Gasteiger partial charge on any atom is -0.480 e. The number of aliphatic carboxylic acids is 1. The van der Waals surface area contributed by atoms with Crippen LogP contribution < -0.4 is 16.0 Å². The van der Waals surface area contributed by atoms with Gasteiger partial charge >= 0.3 is 12.0 Å². The first-order chi connectivity index (χ1) is 11.4. The van der Waals surface area contributed by atoms with Crippen LogP contribution in [0.5, 0.6) is 0 Å². The number of allylic oxidation sites excluding steroid dienone is 1. The van der Waals surface area contributed by atoms with Crippen LogP contribution in [0.4, 0.5) is 4.79 Å². The van der Waals surface area contributed by atoms with E-state index in [1.165, 1.54) is 0 Å². The van der Waals surface area contributed by atoms with Crippen LogP contribution in [0.2, 0.25) is 5.02 Å². The molecule has 0 bridgehead atoms. The number of hydrogen-bond donors (Lipinski definition) is 4. The summed E-state index contributed by atoms with van der Waals surface area (Å²) in [5, 5.41) is 16.9. The standard InChI is InChI=1S/C16H20ClN3O4/c1-2-3-4-13(15(22)23)20-14(21)10-19-16(24)18-9-11-5-7-12(17)8-6-11/h2-3,5-8,13H,4,9-10H2,1H3,(H,20,21)(H,22,23)(H2,18,19,24)/b3-2+. The molecule has 1 rings (SSSR count). The van der Waals surface area contributed by atoms with E-state index in [1.54, 1.807) is 43.3 Å². The Morgan fingerprint density at radius 2 is 1.88 bits per heavy atom. The maximum atomic E-state index is 11.7. The third-order valence-electron chi connectivity index (χ3n) is 3.02. The number of hydrogen-bond acceptors (Lipinski definition) is 3. The molecular weight excluding hydrogens is 334 g/mol. The lowest BCUT2D eigenvalue weighted by atomic mass is 10.2. The van der Waals surface area contributed by atoms with E-state index < -0.39 is 23.9 Å². The van der Waals surface area contributed by atoms with E-state index in [0.29, 0.717) is 5.02 Å². The van der Waals surface area contributed by atoms with E-state index in [1.807, 2.05) is 0 Å². The Bertz CT molecular complexity index is 602. The van der Waals surface area contributed by atoms with Gasteiger partial charge in [0.1, 0.15) is 6.04 Å². The summed E-state index contributed by atoms with van der Waals surface area (Å²) in [6.45, 7) is 1.73. The first-order valence-corrected chi connectivity index (χ1v) is 7.69. The molecule has 0 saturated heterocycles. The molecule has 0 aliphatic heterocycles. The minimum atomic E-state index is -1.13. The molecule has 8 heteroatoms. The summed E-state index contributed by atoms with van der Waals surface area (Å²) in [7, 11) is 0. The van der Waals surface area contributed by atoms with E-state index in [9.17, 15) is 14.4 Å². The van der Waals surface area contributed by atoms with Crippen molar-refractivity contribution in [3.05, 3.63) is 47.0 Å². The Morgan fingerprint density at radius 3 is 2.46 bits per heavy atom. The monoisotopic (exact) mass is 353 g/mol. The Kier molecular flexibility index (Phi) is 8.35. The fourth-order valence-electron chi connectivity index (χ4n) is 1.75. The van der Waals surface area contributed by atoms with Crippen LogP contribution in [0.1, 0.15) is 18.9 Å². The van der Waals surface area contributed by atoms with Gasteiger partial charge in [0.25, 0.3) is 0 Å². The van der Waals surface area contributed by atoms with Gasteiger partial charge in [-0.2, -0.15) is 0 Å². The van der Waals surface area contributed by atoms with Gasteiger partial charge in [-0.25, -0.2) is 9.59 Å². The summed E-state index contributed by atoms with van der Waals surface area (Å²) in [4.78, 5) is 34.3. The fraction of sp³-hybridized carbons (Fsp3) is 0.312. The van der Waals surface area contributed by atoms with Crippen molar-refractivity contribution >= 4 is 29.5 Å². The number of amides is 3. The van der Waals surface area contributed by atoms with Gasteiger partial charge < -0.3 is 21.1 Å². The quantitative estimate of drug-likeness (QED) is 0.533. The van der Waals surface area contributed by atoms with Crippen molar-refractivity contribution in [1.82, 2.24) is 16.0 Å². The Morgan fingerprint density at radius 1 is 1.21 bits per heavy atom. The number of carboxylic acids is 1. The van der Waals surface area contributed by atoms with Crippen molar-refractivity contribution in [3.63, 3.8) is 0 Å². The number of halogens is 1. The van der Waals surface area contributed by atoms with Crippen molar-refractivity contribution in [1.29, 1.82) is 0 Å². The van der Waals surface area contributed by atoms with Crippen molar-refractivity contribution in [2.75, 3.05) is 6.54 Å². The Hall–Kier alpha value is -2.54. The summed E-state index contributed by atoms with van der Waals surface area (Å²) in [5.74, 6) is -1.71. The molecule has 130 valence electrons. The molecule has 0 heterocycles. The zero-order valence-corrected chi connectivity index (χ0v) is 14.0. The van der Waals surface area contributed by atoms with E-state index >= 15 is 0 Å². The molecule has 24 heavy (non-hydrogen) atoms. The highest BCUT2D eigenvalue weighted by atomic mass is 35.5. The van der Waals surface area contributed by atoms with Crippen LogP contribution in [0.25, 0.3) is 0 Å². The molecule has 1 aromatic rings. The lowest BCUT2D eigenvalue weighted by Gasteiger charge is -2.13. The van der Waals surface area contributed by atoms with Crippen molar-refractivity contribution in [2.45, 2.75) is 25.9 Å². The van der Waals surface area contributed by atoms with Crippen LogP contribution in [-0.4, -0.2) is 35.6 Å². The molecule has 0 saturated carbocycles. The lowest BCUT2D eigenvalue weighted by molar-refractivity contribution is -0.141. The molecule has 1 unspecified atom stereocenters. The van der Waals surface area contributed by atoms with Crippen molar-refractivity contribution < 1.29 is 19.5 Å². The van der Waals surface area contributed by atoms with Gasteiger partial charge in [-0.1, -0.05) is 35.9 Å². The third kappa shape index (κ3) is 7.64. The van der Waals surface area contributed by atoms with E-state index in [-0.39, 0.29) is 19.5 Å². The van der Waals surface area contributed by atoms with Gasteiger partial charge in [0.05, 0.1) is 6.54 Å². The second-order valence-electron chi connectivity index (χ2n) is 4.93. The maximum absolute atomic E-state index is 11.7. The van der Waals surface area contributed by atoms with Gasteiger partial charge in [-0.15, -0.1) is 0 Å². The van der Waals surface area contributed by atoms with Crippen molar-refractivity contribution in [3.8, 4) is 0 Å². The smallest absolute Gasteiger partial charge is 0.326 e. The molecule has 4 N–H and O–H groups in total. The van der Waals surface area contributed by atoms with Crippen LogP contribution in [0.3, 0.4) is 0 Å². The second kappa shape index (κ2) is 10.3. The summed E-state index contributed by atoms with van der Waals surface area (Å²) < 4.78 is 0. The third-order valence-corrected chi connectivity index (χ3v) is 3.27. The highest BCUT2D eigenvalue weighted by molar-refractivity contribution is 6.30. The number of carboxylic acid groups (broad SMARTS) is 1. The number of carbonyl (C=O) groups excluding carboxylic acids is 2. The molecule has 0 fully saturated rings. The molecule has 3 amide bonds. The molecule has 0 aromatic heterocycles. The number of rotatable bonds is 8. The number of carbonyl (C=O) groups is 3. The normalized spacial score (nSPS) is 11.8. The first-order valence-electron chi connectivity index (χ1n) is 7.32. The summed E-state index contributed by atoms with van der Waals surface area (Å²) in [5.41, 5.74) is 0.858. The van der Waals surface area contributed by atoms with Gasteiger partial charge in [-0.05, 0) is 31.0 Å². The van der Waals surface area contributed by atoms with Crippen LogP contribution in [-0.2, 0) is 16.1 Å². The van der Waals surface area contributed by atoms with Crippen LogP contribution in [0.15, 0.2) is 36.4 Å². The fourth-order valence-corrected chi connectivity index (χ4v) is 1.87. The Balaban J connectivity index is 2.33. The molecule has 0 aliphatic carbocycles. The van der Waals surface area contributed by atoms with Crippen LogP contribution in [0, 0.1) is 0 Å². The van der Waals surface area contributed by atoms with Gasteiger partial charge in [0, 0.05) is 11.6 Å². The highest BCUT2D eigenvalue weighted by Gasteiger charge is 2.18. The number of nitrogens with one attached hydrogen (secondary N) is 3. The number of urea groups is 1. The van der Waals surface area contributed by atoms with Crippen LogP contribution >= 0.6 is 11.6 Å². The SMILES string of the molecule is C/C=C/CC(NC(=O)CNC(=O)NCc1ccc(Cl)cc1)C(=O)O. The molecule has 1 atom stereocenters. The zero-order chi connectivity index (χ0) is 17.9. The molecule has 0 spiro atoms. The molecular formula is C16H20ClN3O4. The largest absolute Gasteiger partial charge is 0.480 e. The molecule has 1 aromatic carbocycles. The number of benzene rings is 1. The van der Waals surface area contributed by atoms with E-state index in [2.05, 4.69) is 16.0 Å². The van der Waals surface area contributed by atoms with Crippen molar-refractivity contribution in [2.24, 2.45) is 0 Å². The van der Waals surface area contributed by atoms with Gasteiger partial charge in [0.15, 0.2) is 0 Å². The van der Waals surface area contributed by atoms with Gasteiger partial charge in [0.2, 0.25) is 5.91 Å². The summed E-state index contributed by atoms with van der Waals surface area (Å²) in [6.07, 6.45) is 3.52. The predicted octanol–water partition coefficient (Wildman–Crippen LogP) is 1.67. The zero-order valence-electron chi connectivity index (χ0n) is 13.2. The first kappa shape index (κ1) is 19.5. The minimum absolute atomic E-state index is 0.181. The summed E-state index contributed by atoms with van der Waals surface area (Å²) >= 11 is 5.76. The molecule has 7 nitrogen and oxygen atoms in total. The maximum Gasteiger partial charge on any atom is 0.326 e. The van der Waals surface area contributed by atoms with E-state index in [4.69, 9.17) is 16.7 Å². The van der Waals surface area contributed by atoms with E-state index in [0.717, 1.165) is 5.56 Å². The lowest BCUT2D eigenvalue weighted by Crippen LogP contribution is -2.47. The van der Waals surface area contributed by atoms with Gasteiger partial charge in [-0.3, -0.25) is 4.79 Å². The average Bonchev–Trinajstić information content (AvgIpc) is 2.56. The topological polar surface area (TPSA) is 108 Å². The second-order valence-corrected chi connectivity index (χ2v) is 5.36. The molecule has 0 aliphatic rings. The average molecular weight is 354 g/mol. The molecule has 0 radical (unpaired) electrons. The summed E-state index contributed by atoms with van der Waals surface area (Å²) in [6, 6.07) is 5.41.